The summed E-state index contributed by atoms with van der Waals surface area (Å²) in [6.45, 7) is 6.36. The lowest BCUT2D eigenvalue weighted by Gasteiger charge is -2.08. The standard InChI is InChI=1S/C11H16OSi/c1-4-7-13-12-11-8-9(2)5-6-10(11)3/h5-6,8H,4,7H2,1-3H3. The van der Waals surface area contributed by atoms with Crippen molar-refractivity contribution in [2.45, 2.75) is 33.2 Å². The highest BCUT2D eigenvalue weighted by Gasteiger charge is 1.99. The van der Waals surface area contributed by atoms with Crippen LogP contribution in [-0.4, -0.2) is 9.76 Å². The molecule has 70 valence electrons. The number of hydrogen-bond donors (Lipinski definition) is 0. The van der Waals surface area contributed by atoms with Gasteiger partial charge in [0.1, 0.15) is 5.75 Å². The first-order valence-corrected chi connectivity index (χ1v) is 5.82. The third-order valence-corrected chi connectivity index (χ3v) is 2.95. The lowest BCUT2D eigenvalue weighted by atomic mass is 10.1. The summed E-state index contributed by atoms with van der Waals surface area (Å²) < 4.78 is 5.69. The first kappa shape index (κ1) is 10.3. The SMILES string of the molecule is CCC[Si]Oc1cc(C)ccc1C. The van der Waals surface area contributed by atoms with E-state index in [0.29, 0.717) is 9.76 Å². The minimum atomic E-state index is 0.602. The summed E-state index contributed by atoms with van der Waals surface area (Å²) >= 11 is 0. The molecule has 1 aromatic rings. The molecule has 0 N–H and O–H groups in total. The van der Waals surface area contributed by atoms with Crippen molar-refractivity contribution in [2.24, 2.45) is 0 Å². The fourth-order valence-electron chi connectivity index (χ4n) is 1.05. The predicted octanol–water partition coefficient (Wildman–Crippen LogP) is 3.13. The number of aryl methyl sites for hydroxylation is 2. The van der Waals surface area contributed by atoms with Gasteiger partial charge in [-0.25, -0.2) is 0 Å². The Morgan fingerprint density at radius 1 is 1.31 bits per heavy atom. The van der Waals surface area contributed by atoms with E-state index in [0.717, 1.165) is 11.8 Å². The highest BCUT2D eigenvalue weighted by atomic mass is 28.2. The molecule has 2 radical (unpaired) electrons. The molecule has 0 bridgehead atoms. The second-order valence-electron chi connectivity index (χ2n) is 3.27. The Labute approximate surface area is 83.1 Å². The van der Waals surface area contributed by atoms with Gasteiger partial charge < -0.3 is 4.43 Å². The quantitative estimate of drug-likeness (QED) is 0.526. The van der Waals surface area contributed by atoms with Crippen LogP contribution in [0, 0.1) is 13.8 Å². The van der Waals surface area contributed by atoms with Crippen LogP contribution >= 0.6 is 0 Å². The molecule has 0 spiro atoms. The minimum Gasteiger partial charge on any atom is -0.541 e. The van der Waals surface area contributed by atoms with Gasteiger partial charge in [-0.15, -0.1) is 0 Å². The molecule has 0 atom stereocenters. The Morgan fingerprint density at radius 3 is 2.77 bits per heavy atom. The van der Waals surface area contributed by atoms with Crippen LogP contribution in [0.3, 0.4) is 0 Å². The molecule has 1 rings (SSSR count). The molecule has 0 heterocycles. The van der Waals surface area contributed by atoms with Gasteiger partial charge in [-0.05, 0) is 37.1 Å². The average Bonchev–Trinajstić information content (AvgIpc) is 2.11. The summed E-state index contributed by atoms with van der Waals surface area (Å²) in [4.78, 5) is 0. The Hall–Kier alpha value is -0.763. The molecule has 1 aromatic carbocycles. The van der Waals surface area contributed by atoms with Crippen LogP contribution < -0.4 is 4.43 Å². The predicted molar refractivity (Wildman–Crippen MR) is 57.4 cm³/mol. The van der Waals surface area contributed by atoms with Gasteiger partial charge in [0.2, 0.25) is 0 Å². The Balaban J connectivity index is 2.59. The summed E-state index contributed by atoms with van der Waals surface area (Å²) in [5.41, 5.74) is 2.50. The molecule has 1 nitrogen and oxygen atoms in total. The molecule has 13 heavy (non-hydrogen) atoms. The number of benzene rings is 1. The van der Waals surface area contributed by atoms with Crippen LogP contribution in [0.25, 0.3) is 0 Å². The van der Waals surface area contributed by atoms with Crippen LogP contribution in [0.5, 0.6) is 5.75 Å². The Bertz CT molecular complexity index is 271. The summed E-state index contributed by atoms with van der Waals surface area (Å²) in [6, 6.07) is 7.50. The summed E-state index contributed by atoms with van der Waals surface area (Å²) in [7, 11) is 0.602. The fraction of sp³-hybridized carbons (Fsp3) is 0.455. The molecular weight excluding hydrogens is 176 g/mol. The molecule has 0 fully saturated rings. The van der Waals surface area contributed by atoms with Gasteiger partial charge in [0.05, 0.1) is 0 Å². The van der Waals surface area contributed by atoms with E-state index >= 15 is 0 Å². The van der Waals surface area contributed by atoms with Crippen molar-refractivity contribution in [3.05, 3.63) is 29.3 Å². The zero-order chi connectivity index (χ0) is 9.68. The monoisotopic (exact) mass is 192 g/mol. The molecule has 0 saturated carbocycles. The molecule has 0 unspecified atom stereocenters. The second-order valence-corrected chi connectivity index (χ2v) is 4.26. The van der Waals surface area contributed by atoms with E-state index in [-0.39, 0.29) is 0 Å². The maximum absolute atomic E-state index is 5.69. The van der Waals surface area contributed by atoms with E-state index in [9.17, 15) is 0 Å². The zero-order valence-corrected chi connectivity index (χ0v) is 9.55. The van der Waals surface area contributed by atoms with Crippen molar-refractivity contribution in [3.63, 3.8) is 0 Å². The summed E-state index contributed by atoms with van der Waals surface area (Å²) in [6.07, 6.45) is 1.20. The topological polar surface area (TPSA) is 9.23 Å². The molecule has 0 aliphatic rings. The molecule has 2 heteroatoms. The van der Waals surface area contributed by atoms with E-state index in [1.807, 2.05) is 0 Å². The number of rotatable bonds is 4. The Kier molecular flexibility index (Phi) is 4.03. The van der Waals surface area contributed by atoms with Crippen molar-refractivity contribution in [1.82, 2.24) is 0 Å². The van der Waals surface area contributed by atoms with E-state index in [2.05, 4.69) is 39.0 Å². The normalized spacial score (nSPS) is 10.1. The van der Waals surface area contributed by atoms with Crippen LogP contribution in [0.15, 0.2) is 18.2 Å². The van der Waals surface area contributed by atoms with Crippen LogP contribution in [-0.2, 0) is 0 Å². The maximum atomic E-state index is 5.69. The van der Waals surface area contributed by atoms with Crippen LogP contribution in [0.2, 0.25) is 6.04 Å². The zero-order valence-electron chi connectivity index (χ0n) is 8.55. The van der Waals surface area contributed by atoms with E-state index in [4.69, 9.17) is 4.43 Å². The van der Waals surface area contributed by atoms with Crippen molar-refractivity contribution < 1.29 is 4.43 Å². The molecule has 0 amide bonds. The lowest BCUT2D eigenvalue weighted by Crippen LogP contribution is -2.02. The van der Waals surface area contributed by atoms with Crippen LogP contribution in [0.4, 0.5) is 0 Å². The molecule has 0 aromatic heterocycles. The van der Waals surface area contributed by atoms with E-state index < -0.39 is 0 Å². The smallest absolute Gasteiger partial charge is 0.310 e. The maximum Gasteiger partial charge on any atom is 0.310 e. The molecule has 0 aliphatic heterocycles. The minimum absolute atomic E-state index is 0.602. The summed E-state index contributed by atoms with van der Waals surface area (Å²) in [5.74, 6) is 1.05. The van der Waals surface area contributed by atoms with Crippen LogP contribution in [0.1, 0.15) is 24.5 Å². The largest absolute Gasteiger partial charge is 0.541 e. The highest BCUT2D eigenvalue weighted by molar-refractivity contribution is 6.28. The van der Waals surface area contributed by atoms with E-state index in [1.165, 1.54) is 17.5 Å². The first-order valence-electron chi connectivity index (χ1n) is 4.71. The number of hydrogen-bond acceptors (Lipinski definition) is 1. The van der Waals surface area contributed by atoms with Gasteiger partial charge in [-0.2, -0.15) is 0 Å². The fourth-order valence-corrected chi connectivity index (χ4v) is 1.73. The van der Waals surface area contributed by atoms with Gasteiger partial charge in [-0.1, -0.05) is 25.5 Å². The van der Waals surface area contributed by atoms with Crippen molar-refractivity contribution in [2.75, 3.05) is 0 Å². The summed E-state index contributed by atoms with van der Waals surface area (Å²) in [5, 5.41) is 0. The van der Waals surface area contributed by atoms with Gasteiger partial charge in [0, 0.05) is 0 Å². The third-order valence-electron chi connectivity index (χ3n) is 1.88. The van der Waals surface area contributed by atoms with Gasteiger partial charge in [0.25, 0.3) is 0 Å². The highest BCUT2D eigenvalue weighted by Crippen LogP contribution is 2.18. The first-order chi connectivity index (χ1) is 6.24. The lowest BCUT2D eigenvalue weighted by molar-refractivity contribution is 0.584. The van der Waals surface area contributed by atoms with Gasteiger partial charge in [-0.3, -0.25) is 0 Å². The van der Waals surface area contributed by atoms with Crippen molar-refractivity contribution in [1.29, 1.82) is 0 Å². The third kappa shape index (κ3) is 3.23. The van der Waals surface area contributed by atoms with Gasteiger partial charge >= 0.3 is 9.76 Å². The molecule has 0 saturated heterocycles. The average molecular weight is 192 g/mol. The van der Waals surface area contributed by atoms with Crippen molar-refractivity contribution >= 4 is 9.76 Å². The molecule has 0 aliphatic carbocycles. The molecular formula is C11H16OSi. The van der Waals surface area contributed by atoms with Crippen molar-refractivity contribution in [3.8, 4) is 5.75 Å². The van der Waals surface area contributed by atoms with E-state index in [1.54, 1.807) is 0 Å². The Morgan fingerprint density at radius 2 is 2.08 bits per heavy atom. The van der Waals surface area contributed by atoms with Gasteiger partial charge in [0.15, 0.2) is 0 Å². The second kappa shape index (κ2) is 5.07.